The molecule has 1 heterocycles. The van der Waals surface area contributed by atoms with Gasteiger partial charge in [-0.1, -0.05) is 0 Å². The van der Waals surface area contributed by atoms with E-state index in [9.17, 15) is 0 Å². The Morgan fingerprint density at radius 2 is 1.62 bits per heavy atom. The van der Waals surface area contributed by atoms with Gasteiger partial charge in [-0.2, -0.15) is 0 Å². The zero-order valence-corrected chi connectivity index (χ0v) is 9.15. The van der Waals surface area contributed by atoms with E-state index in [4.69, 9.17) is 22.0 Å². The molecule has 0 radical (unpaired) electrons. The third-order valence-corrected chi connectivity index (χ3v) is 5.67. The summed E-state index contributed by atoms with van der Waals surface area (Å²) in [6.45, 7) is 1.34. The second-order valence-electron chi connectivity index (χ2n) is 2.79. The van der Waals surface area contributed by atoms with E-state index >= 15 is 0 Å². The van der Waals surface area contributed by atoms with Gasteiger partial charge in [0.15, 0.2) is 0 Å². The van der Waals surface area contributed by atoms with Crippen LogP contribution in [0.3, 0.4) is 0 Å². The number of hydrogen-bond acceptors (Lipinski definition) is 3. The topological polar surface area (TPSA) is 67.5 Å². The Balaban J connectivity index is 2.37. The van der Waals surface area contributed by atoms with Crippen molar-refractivity contribution in [3.8, 4) is 0 Å². The van der Waals surface area contributed by atoms with Gasteiger partial charge >= 0.3 is 0 Å². The number of rotatable bonds is 7. The van der Waals surface area contributed by atoms with Gasteiger partial charge in [0.25, 0.3) is 0 Å². The lowest BCUT2D eigenvalue weighted by Gasteiger charge is -2.24. The van der Waals surface area contributed by atoms with Crippen LogP contribution < -0.4 is 10.2 Å². The molecular formula is C6H16N3O2PS. The van der Waals surface area contributed by atoms with Crippen molar-refractivity contribution in [2.24, 2.45) is 0 Å². The lowest BCUT2D eigenvalue weighted by molar-refractivity contribution is 0.298. The fraction of sp³-hybridized carbons (Fsp3) is 1.00. The quantitative estimate of drug-likeness (QED) is 0.319. The first kappa shape index (κ1) is 11.5. The molecule has 0 aromatic heterocycles. The zero-order valence-electron chi connectivity index (χ0n) is 7.44. The maximum atomic E-state index is 8.67. The molecule has 0 aromatic carbocycles. The summed E-state index contributed by atoms with van der Waals surface area (Å²) in [5, 5.41) is 23.6. The highest BCUT2D eigenvalue weighted by Crippen LogP contribution is 2.45. The smallest absolute Gasteiger partial charge is 0.140 e. The highest BCUT2D eigenvalue weighted by Gasteiger charge is 2.32. The molecule has 0 amide bonds. The normalized spacial score (nSPS) is 17.7. The lowest BCUT2D eigenvalue weighted by Crippen LogP contribution is -2.30. The second kappa shape index (κ2) is 5.36. The monoisotopic (exact) mass is 225 g/mol. The van der Waals surface area contributed by atoms with E-state index in [2.05, 4.69) is 14.8 Å². The molecule has 13 heavy (non-hydrogen) atoms. The number of aliphatic hydroxyl groups excluding tert-OH is 2. The van der Waals surface area contributed by atoms with Gasteiger partial charge in [0, 0.05) is 26.2 Å². The molecule has 0 atom stereocenters. The van der Waals surface area contributed by atoms with Crippen LogP contribution >= 0.6 is 6.49 Å². The molecule has 0 unspecified atom stereocenters. The van der Waals surface area contributed by atoms with E-state index in [1.54, 1.807) is 0 Å². The summed E-state index contributed by atoms with van der Waals surface area (Å²) in [5.74, 6) is 0. The highest BCUT2D eigenvalue weighted by atomic mass is 32.4. The molecule has 1 fully saturated rings. The van der Waals surface area contributed by atoms with E-state index in [1.165, 1.54) is 0 Å². The average molecular weight is 225 g/mol. The van der Waals surface area contributed by atoms with E-state index in [1.807, 2.05) is 0 Å². The predicted molar refractivity (Wildman–Crippen MR) is 56.0 cm³/mol. The summed E-state index contributed by atoms with van der Waals surface area (Å²) in [6.07, 6.45) is 0. The van der Waals surface area contributed by atoms with Crippen LogP contribution in [-0.4, -0.2) is 54.3 Å². The van der Waals surface area contributed by atoms with Crippen molar-refractivity contribution in [1.82, 2.24) is 14.8 Å². The van der Waals surface area contributed by atoms with Crippen LogP contribution in [0.2, 0.25) is 0 Å². The Morgan fingerprint density at radius 1 is 1.15 bits per heavy atom. The van der Waals surface area contributed by atoms with Crippen molar-refractivity contribution in [2.45, 2.75) is 0 Å². The third kappa shape index (κ3) is 3.59. The Hall–Kier alpha value is 0.450. The molecule has 7 heteroatoms. The van der Waals surface area contributed by atoms with Crippen LogP contribution in [0, 0.1) is 0 Å². The first-order valence-corrected chi connectivity index (χ1v) is 7.06. The van der Waals surface area contributed by atoms with Gasteiger partial charge in [-0.25, -0.2) is 4.67 Å². The van der Waals surface area contributed by atoms with Crippen molar-refractivity contribution in [1.29, 1.82) is 0 Å². The molecule has 4 N–H and O–H groups in total. The van der Waals surface area contributed by atoms with Gasteiger partial charge in [0.1, 0.15) is 6.49 Å². The summed E-state index contributed by atoms with van der Waals surface area (Å²) in [4.78, 5) is 0. The average Bonchev–Trinajstić information content (AvgIpc) is 2.94. The Kier molecular flexibility index (Phi) is 4.75. The zero-order chi connectivity index (χ0) is 9.73. The van der Waals surface area contributed by atoms with Crippen LogP contribution in [-0.2, 0) is 11.8 Å². The minimum absolute atomic E-state index is 0.0903. The van der Waals surface area contributed by atoms with E-state index in [0.717, 1.165) is 13.1 Å². The molecule has 1 aliphatic rings. The first-order chi connectivity index (χ1) is 6.23. The van der Waals surface area contributed by atoms with Crippen LogP contribution in [0.15, 0.2) is 0 Å². The molecule has 0 bridgehead atoms. The number of aliphatic hydroxyl groups is 2. The minimum Gasteiger partial charge on any atom is -0.395 e. The largest absolute Gasteiger partial charge is 0.395 e. The lowest BCUT2D eigenvalue weighted by atomic mass is 10.8. The van der Waals surface area contributed by atoms with Crippen molar-refractivity contribution >= 4 is 18.3 Å². The number of nitrogens with one attached hydrogen (secondary N) is 2. The fourth-order valence-electron chi connectivity index (χ4n) is 0.985. The maximum Gasteiger partial charge on any atom is 0.140 e. The Labute approximate surface area is 83.3 Å². The SMILES string of the molecule is OCCNP(=S)(NCCO)N1CC1. The summed E-state index contributed by atoms with van der Waals surface area (Å²) in [7, 11) is 0. The first-order valence-electron chi connectivity index (χ1n) is 4.30. The van der Waals surface area contributed by atoms with Gasteiger partial charge in [-0.15, -0.1) is 0 Å². The molecule has 78 valence electrons. The predicted octanol–water partition coefficient (Wildman–Crippen LogP) is -1.31. The van der Waals surface area contributed by atoms with Crippen molar-refractivity contribution < 1.29 is 10.2 Å². The van der Waals surface area contributed by atoms with E-state index in [-0.39, 0.29) is 13.2 Å². The maximum absolute atomic E-state index is 8.67. The third-order valence-electron chi connectivity index (χ3n) is 1.70. The van der Waals surface area contributed by atoms with Gasteiger partial charge in [0.05, 0.1) is 13.2 Å². The van der Waals surface area contributed by atoms with Crippen molar-refractivity contribution in [3.05, 3.63) is 0 Å². The summed E-state index contributed by atoms with van der Waals surface area (Å²) < 4.78 is 2.13. The van der Waals surface area contributed by atoms with Crippen LogP contribution in [0.1, 0.15) is 0 Å². The molecule has 1 rings (SSSR count). The van der Waals surface area contributed by atoms with Crippen LogP contribution in [0.4, 0.5) is 0 Å². The molecule has 1 saturated heterocycles. The van der Waals surface area contributed by atoms with E-state index in [0.29, 0.717) is 13.1 Å². The number of nitrogens with zero attached hydrogens (tertiary/aromatic N) is 1. The van der Waals surface area contributed by atoms with Gasteiger partial charge in [-0.05, 0) is 11.8 Å². The highest BCUT2D eigenvalue weighted by molar-refractivity contribution is 8.11. The molecule has 5 nitrogen and oxygen atoms in total. The van der Waals surface area contributed by atoms with Crippen LogP contribution in [0.25, 0.3) is 0 Å². The minimum atomic E-state index is -1.87. The van der Waals surface area contributed by atoms with E-state index < -0.39 is 6.49 Å². The summed E-state index contributed by atoms with van der Waals surface area (Å²) in [6, 6.07) is 0. The Bertz CT molecular complexity index is 188. The molecule has 0 saturated carbocycles. The van der Waals surface area contributed by atoms with Gasteiger partial charge in [-0.3, -0.25) is 10.2 Å². The number of hydrogen-bond donors (Lipinski definition) is 4. The summed E-state index contributed by atoms with van der Waals surface area (Å²) >= 11 is 5.41. The van der Waals surface area contributed by atoms with Crippen LogP contribution in [0.5, 0.6) is 0 Å². The molecule has 0 spiro atoms. The standard InChI is InChI=1S/C6H16N3O2PS/c10-5-1-7-12(13,8-2-6-11)9-3-4-9/h10-11H,1-6H2,(H2,7,8,13). The molecule has 1 aliphatic heterocycles. The van der Waals surface area contributed by atoms with Gasteiger partial charge in [0.2, 0.25) is 0 Å². The molecule has 0 aromatic rings. The molecule has 0 aliphatic carbocycles. The van der Waals surface area contributed by atoms with Crippen molar-refractivity contribution in [2.75, 3.05) is 39.4 Å². The second-order valence-corrected chi connectivity index (χ2v) is 6.73. The fourth-order valence-corrected chi connectivity index (χ4v) is 3.99. The molecular weight excluding hydrogens is 209 g/mol. The summed E-state index contributed by atoms with van der Waals surface area (Å²) in [5.41, 5.74) is 0. The van der Waals surface area contributed by atoms with Gasteiger partial charge < -0.3 is 10.2 Å². The van der Waals surface area contributed by atoms with Crippen molar-refractivity contribution in [3.63, 3.8) is 0 Å². The Morgan fingerprint density at radius 3 is 1.92 bits per heavy atom.